The zero-order valence-corrected chi connectivity index (χ0v) is 18.1. The van der Waals surface area contributed by atoms with Crippen LogP contribution in [0.5, 0.6) is 5.75 Å². The molecule has 6 rings (SSSR count). The molecule has 0 amide bonds. The molecular weight excluding hydrogens is 382 g/mol. The highest BCUT2D eigenvalue weighted by Crippen LogP contribution is 2.60. The van der Waals surface area contributed by atoms with Crippen LogP contribution < -0.4 is 4.74 Å². The Hall–Kier alpha value is -1.82. The third-order valence-electron chi connectivity index (χ3n) is 7.34. The van der Waals surface area contributed by atoms with Crippen molar-refractivity contribution in [3.8, 4) is 17.1 Å². The Balaban J connectivity index is 1.31. The normalized spacial score (nSPS) is 29.9. The van der Waals surface area contributed by atoms with Gasteiger partial charge in [0.2, 0.25) is 0 Å². The second kappa shape index (κ2) is 7.46. The summed E-state index contributed by atoms with van der Waals surface area (Å²) in [7, 11) is 1.67. The van der Waals surface area contributed by atoms with Crippen LogP contribution in [0, 0.1) is 23.2 Å². The average molecular weight is 412 g/mol. The van der Waals surface area contributed by atoms with E-state index in [4.69, 9.17) is 4.74 Å². The summed E-state index contributed by atoms with van der Waals surface area (Å²) in [6.45, 7) is 2.88. The van der Waals surface area contributed by atoms with E-state index in [-0.39, 0.29) is 5.41 Å². The second-order valence-corrected chi connectivity index (χ2v) is 10.1. The predicted octanol–water partition coefficient (Wildman–Crippen LogP) is 4.85. The Bertz CT molecular complexity index is 870. The number of methoxy groups -OCH3 is 1. The van der Waals surface area contributed by atoms with E-state index in [1.165, 1.54) is 19.3 Å². The third-order valence-corrected chi connectivity index (χ3v) is 8.31. The zero-order chi connectivity index (χ0) is 20.0. The van der Waals surface area contributed by atoms with Gasteiger partial charge >= 0.3 is 0 Å². The van der Waals surface area contributed by atoms with Crippen molar-refractivity contribution >= 4 is 17.5 Å². The Labute approximate surface area is 176 Å². The minimum Gasteiger partial charge on any atom is -0.497 e. The number of Topliss-reactive ketones (excluding diaryl/α,β-unsaturated/α-hetero) is 1. The van der Waals surface area contributed by atoms with Gasteiger partial charge in [0, 0.05) is 17.5 Å². The molecule has 5 nitrogen and oxygen atoms in total. The van der Waals surface area contributed by atoms with Crippen molar-refractivity contribution in [2.75, 3.05) is 12.9 Å². The minimum atomic E-state index is -0.0301. The average Bonchev–Trinajstić information content (AvgIpc) is 3.14. The number of ether oxygens (including phenoxy) is 1. The van der Waals surface area contributed by atoms with E-state index in [1.54, 1.807) is 18.9 Å². The van der Waals surface area contributed by atoms with Crippen molar-refractivity contribution < 1.29 is 9.53 Å². The molecule has 6 heteroatoms. The Morgan fingerprint density at radius 3 is 2.28 bits per heavy atom. The van der Waals surface area contributed by atoms with Crippen LogP contribution in [0.25, 0.3) is 11.4 Å². The van der Waals surface area contributed by atoms with Gasteiger partial charge in [-0.05, 0) is 87.5 Å². The van der Waals surface area contributed by atoms with Crippen LogP contribution in [0.4, 0.5) is 0 Å². The second-order valence-electron chi connectivity index (χ2n) is 9.19. The summed E-state index contributed by atoms with van der Waals surface area (Å²) in [4.78, 5) is 13.3. The smallest absolute Gasteiger partial charge is 0.191 e. The van der Waals surface area contributed by atoms with Crippen LogP contribution in [-0.4, -0.2) is 33.4 Å². The molecule has 0 spiro atoms. The van der Waals surface area contributed by atoms with Crippen LogP contribution in [0.15, 0.2) is 29.4 Å². The van der Waals surface area contributed by atoms with Crippen LogP contribution in [0.3, 0.4) is 0 Å². The quantitative estimate of drug-likeness (QED) is 0.610. The highest BCUT2D eigenvalue weighted by molar-refractivity contribution is 7.99. The summed E-state index contributed by atoms with van der Waals surface area (Å²) in [6, 6.07) is 7.88. The van der Waals surface area contributed by atoms with E-state index in [0.717, 1.165) is 65.9 Å². The van der Waals surface area contributed by atoms with E-state index in [2.05, 4.69) is 21.7 Å². The molecule has 1 heterocycles. The van der Waals surface area contributed by atoms with E-state index in [0.29, 0.717) is 11.5 Å². The van der Waals surface area contributed by atoms with E-state index in [9.17, 15) is 4.79 Å². The van der Waals surface area contributed by atoms with Crippen molar-refractivity contribution in [3.63, 3.8) is 0 Å². The number of benzene rings is 1. The highest BCUT2D eigenvalue weighted by atomic mass is 32.2. The summed E-state index contributed by atoms with van der Waals surface area (Å²) in [5.74, 6) is 5.06. The molecule has 29 heavy (non-hydrogen) atoms. The SMILES string of the molecule is CCn1c(SCC(=O)C23CC4CC(CC(C4)C2)C3)nnc1-c1ccc(OC)cc1. The molecule has 0 radical (unpaired) electrons. The van der Waals surface area contributed by atoms with E-state index >= 15 is 0 Å². The van der Waals surface area contributed by atoms with Gasteiger partial charge in [0.25, 0.3) is 0 Å². The third kappa shape index (κ3) is 3.39. The summed E-state index contributed by atoms with van der Waals surface area (Å²) < 4.78 is 7.36. The lowest BCUT2D eigenvalue weighted by Gasteiger charge is -2.56. The van der Waals surface area contributed by atoms with Gasteiger partial charge in [-0.3, -0.25) is 4.79 Å². The first-order chi connectivity index (χ1) is 14.1. The van der Waals surface area contributed by atoms with Crippen molar-refractivity contribution in [2.24, 2.45) is 23.2 Å². The summed E-state index contributed by atoms with van der Waals surface area (Å²) in [5, 5.41) is 9.68. The molecule has 4 aliphatic carbocycles. The molecule has 0 atom stereocenters. The van der Waals surface area contributed by atoms with Gasteiger partial charge < -0.3 is 9.30 Å². The number of carbonyl (C=O) groups excluding carboxylic acids is 1. The molecular formula is C23H29N3O2S. The van der Waals surface area contributed by atoms with Crippen LogP contribution in [0.1, 0.15) is 45.4 Å². The van der Waals surface area contributed by atoms with Gasteiger partial charge in [-0.15, -0.1) is 10.2 Å². The van der Waals surface area contributed by atoms with Crippen molar-refractivity contribution in [1.82, 2.24) is 14.8 Å². The van der Waals surface area contributed by atoms with Gasteiger partial charge in [0.15, 0.2) is 11.0 Å². The first-order valence-electron chi connectivity index (χ1n) is 10.8. The van der Waals surface area contributed by atoms with Crippen molar-refractivity contribution in [2.45, 2.75) is 57.1 Å². The topological polar surface area (TPSA) is 57.0 Å². The fourth-order valence-corrected chi connectivity index (χ4v) is 7.41. The molecule has 1 aromatic carbocycles. The van der Waals surface area contributed by atoms with E-state index in [1.807, 2.05) is 24.3 Å². The molecule has 4 fully saturated rings. The van der Waals surface area contributed by atoms with Gasteiger partial charge in [0.1, 0.15) is 11.5 Å². The number of rotatable bonds is 7. The Morgan fingerprint density at radius 1 is 1.10 bits per heavy atom. The predicted molar refractivity (Wildman–Crippen MR) is 114 cm³/mol. The maximum absolute atomic E-state index is 13.3. The van der Waals surface area contributed by atoms with Crippen molar-refractivity contribution in [1.29, 1.82) is 0 Å². The molecule has 2 aromatic rings. The Morgan fingerprint density at radius 2 is 1.72 bits per heavy atom. The lowest BCUT2D eigenvalue weighted by atomic mass is 9.48. The number of nitrogens with zero attached hydrogens (tertiary/aromatic N) is 3. The lowest BCUT2D eigenvalue weighted by molar-refractivity contribution is -0.141. The van der Waals surface area contributed by atoms with Crippen LogP contribution in [-0.2, 0) is 11.3 Å². The molecule has 0 saturated heterocycles. The first-order valence-corrected chi connectivity index (χ1v) is 11.8. The molecule has 154 valence electrons. The number of hydrogen-bond donors (Lipinski definition) is 0. The monoisotopic (exact) mass is 411 g/mol. The number of hydrogen-bond acceptors (Lipinski definition) is 5. The van der Waals surface area contributed by atoms with Gasteiger partial charge in [-0.25, -0.2) is 0 Å². The molecule has 0 unspecified atom stereocenters. The number of ketones is 1. The van der Waals surface area contributed by atoms with Crippen molar-refractivity contribution in [3.05, 3.63) is 24.3 Å². The fourth-order valence-electron chi connectivity index (χ4n) is 6.37. The molecule has 4 aliphatic rings. The first kappa shape index (κ1) is 19.2. The van der Waals surface area contributed by atoms with Gasteiger partial charge in [0.05, 0.1) is 12.9 Å². The van der Waals surface area contributed by atoms with E-state index < -0.39 is 0 Å². The minimum absolute atomic E-state index is 0.0301. The fraction of sp³-hybridized carbons (Fsp3) is 0.609. The molecule has 4 bridgehead atoms. The molecule has 4 saturated carbocycles. The zero-order valence-electron chi connectivity index (χ0n) is 17.3. The number of carbonyl (C=O) groups is 1. The lowest BCUT2D eigenvalue weighted by Crippen LogP contribution is -2.50. The van der Waals surface area contributed by atoms with Gasteiger partial charge in [-0.1, -0.05) is 11.8 Å². The standard InChI is InChI=1S/C23H29N3O2S/c1-3-26-21(18-4-6-19(28-2)7-5-18)24-25-22(26)29-14-20(27)23-11-15-8-16(12-23)10-17(9-15)13-23/h4-7,15-17H,3,8-14H2,1-2H3. The largest absolute Gasteiger partial charge is 0.497 e. The summed E-state index contributed by atoms with van der Waals surface area (Å²) in [5.41, 5.74) is 0.983. The van der Waals surface area contributed by atoms with Gasteiger partial charge in [-0.2, -0.15) is 0 Å². The maximum Gasteiger partial charge on any atom is 0.191 e. The summed E-state index contributed by atoms with van der Waals surface area (Å²) in [6.07, 6.45) is 7.51. The highest BCUT2D eigenvalue weighted by Gasteiger charge is 2.54. The Kier molecular flexibility index (Phi) is 4.93. The molecule has 0 N–H and O–H groups in total. The molecule has 0 aliphatic heterocycles. The number of thioether (sulfide) groups is 1. The summed E-state index contributed by atoms with van der Waals surface area (Å²) >= 11 is 1.57. The van der Waals surface area contributed by atoms with Crippen LogP contribution >= 0.6 is 11.8 Å². The van der Waals surface area contributed by atoms with Crippen LogP contribution in [0.2, 0.25) is 0 Å². The number of aromatic nitrogens is 3. The molecule has 1 aromatic heterocycles. The maximum atomic E-state index is 13.3.